The van der Waals surface area contributed by atoms with Crippen LogP contribution in [0.1, 0.15) is 11.1 Å². The molecule has 24 heavy (non-hydrogen) atoms. The summed E-state index contributed by atoms with van der Waals surface area (Å²) in [6.45, 7) is 0.372. The second kappa shape index (κ2) is 7.23. The molecule has 1 N–H and O–H groups in total. The average Bonchev–Trinajstić information content (AvgIpc) is 2.81. The number of para-hydroxylation sites is 1. The quantitative estimate of drug-likeness (QED) is 0.915. The molecule has 0 aromatic heterocycles. The number of rotatable bonds is 4. The van der Waals surface area contributed by atoms with Crippen LogP contribution >= 0.6 is 11.6 Å². The maximum Gasteiger partial charge on any atom is 0.251 e. The molecule has 0 radical (unpaired) electrons. The molecule has 0 atom stereocenters. The summed E-state index contributed by atoms with van der Waals surface area (Å²) in [6.07, 6.45) is 4.88. The Bertz CT molecular complexity index is 827. The molecular formula is C19H16ClNO3. The fraction of sp³-hybridized carbons (Fsp3) is 0.105. The molecule has 0 aliphatic carbocycles. The van der Waals surface area contributed by atoms with Gasteiger partial charge in [0, 0.05) is 28.3 Å². The Kier molecular flexibility index (Phi) is 4.87. The molecule has 1 aliphatic rings. The second-order valence-corrected chi connectivity index (χ2v) is 5.63. The van der Waals surface area contributed by atoms with Crippen LogP contribution in [-0.2, 0) is 11.3 Å². The van der Waals surface area contributed by atoms with Crippen LogP contribution in [0.4, 0.5) is 0 Å². The minimum atomic E-state index is -0.200. The molecule has 122 valence electrons. The van der Waals surface area contributed by atoms with E-state index in [9.17, 15) is 4.79 Å². The van der Waals surface area contributed by atoms with Gasteiger partial charge in [0.25, 0.3) is 5.91 Å². The SMILES string of the molecule is COc1ccccc1CNC(=O)C1=Cc2cc(Cl)ccc2OC=C1. The molecule has 1 aliphatic heterocycles. The van der Waals surface area contributed by atoms with Crippen molar-refractivity contribution in [2.24, 2.45) is 0 Å². The highest BCUT2D eigenvalue weighted by molar-refractivity contribution is 6.30. The Morgan fingerprint density at radius 3 is 2.92 bits per heavy atom. The summed E-state index contributed by atoms with van der Waals surface area (Å²) >= 11 is 6.01. The monoisotopic (exact) mass is 341 g/mol. The van der Waals surface area contributed by atoms with Crippen molar-refractivity contribution in [3.05, 3.63) is 76.5 Å². The lowest BCUT2D eigenvalue weighted by Gasteiger charge is -2.09. The maximum atomic E-state index is 12.5. The molecule has 1 heterocycles. The predicted octanol–water partition coefficient (Wildman–Crippen LogP) is 3.95. The zero-order valence-electron chi connectivity index (χ0n) is 13.1. The number of carbonyl (C=O) groups excluding carboxylic acids is 1. The van der Waals surface area contributed by atoms with E-state index in [-0.39, 0.29) is 5.91 Å². The highest BCUT2D eigenvalue weighted by Crippen LogP contribution is 2.28. The minimum absolute atomic E-state index is 0.200. The van der Waals surface area contributed by atoms with Gasteiger partial charge in [0.2, 0.25) is 0 Å². The number of benzene rings is 2. The van der Waals surface area contributed by atoms with Crippen LogP contribution in [0.5, 0.6) is 11.5 Å². The van der Waals surface area contributed by atoms with Gasteiger partial charge in [0.15, 0.2) is 0 Å². The summed E-state index contributed by atoms with van der Waals surface area (Å²) in [4.78, 5) is 12.5. The van der Waals surface area contributed by atoms with E-state index in [0.717, 1.165) is 16.9 Å². The number of ether oxygens (including phenoxy) is 2. The number of hydrogen-bond acceptors (Lipinski definition) is 3. The van der Waals surface area contributed by atoms with Crippen LogP contribution < -0.4 is 14.8 Å². The molecule has 0 saturated heterocycles. The van der Waals surface area contributed by atoms with Gasteiger partial charge in [-0.1, -0.05) is 29.8 Å². The summed E-state index contributed by atoms with van der Waals surface area (Å²) < 4.78 is 10.8. The summed E-state index contributed by atoms with van der Waals surface area (Å²) in [5.74, 6) is 1.19. The number of hydrogen-bond donors (Lipinski definition) is 1. The first-order chi connectivity index (χ1) is 11.7. The van der Waals surface area contributed by atoms with Crippen LogP contribution in [0, 0.1) is 0 Å². The van der Waals surface area contributed by atoms with Crippen LogP contribution in [0.2, 0.25) is 5.02 Å². The Morgan fingerprint density at radius 1 is 1.25 bits per heavy atom. The van der Waals surface area contributed by atoms with Gasteiger partial charge in [0.05, 0.1) is 13.4 Å². The zero-order valence-corrected chi connectivity index (χ0v) is 13.8. The van der Waals surface area contributed by atoms with Crippen LogP contribution in [0.15, 0.2) is 60.4 Å². The fourth-order valence-corrected chi connectivity index (χ4v) is 2.58. The topological polar surface area (TPSA) is 47.6 Å². The molecule has 2 aromatic rings. The normalized spacial score (nSPS) is 12.5. The van der Waals surface area contributed by atoms with Gasteiger partial charge >= 0.3 is 0 Å². The van der Waals surface area contributed by atoms with Crippen molar-refractivity contribution in [2.75, 3.05) is 7.11 Å². The highest BCUT2D eigenvalue weighted by Gasteiger charge is 2.13. The van der Waals surface area contributed by atoms with Gasteiger partial charge in [-0.2, -0.15) is 0 Å². The molecule has 5 heteroatoms. The van der Waals surface area contributed by atoms with E-state index in [0.29, 0.717) is 22.9 Å². The molecule has 0 unspecified atom stereocenters. The second-order valence-electron chi connectivity index (χ2n) is 5.20. The molecule has 0 fully saturated rings. The fourth-order valence-electron chi connectivity index (χ4n) is 2.40. The van der Waals surface area contributed by atoms with E-state index in [1.807, 2.05) is 24.3 Å². The molecule has 0 saturated carbocycles. The van der Waals surface area contributed by atoms with Gasteiger partial charge in [0.1, 0.15) is 11.5 Å². The summed E-state index contributed by atoms with van der Waals surface area (Å²) in [5, 5.41) is 3.48. The largest absolute Gasteiger partial charge is 0.496 e. The number of halogens is 1. The lowest BCUT2D eigenvalue weighted by Crippen LogP contribution is -2.24. The lowest BCUT2D eigenvalue weighted by atomic mass is 10.1. The molecule has 3 rings (SSSR count). The van der Waals surface area contributed by atoms with Crippen LogP contribution in [0.3, 0.4) is 0 Å². The summed E-state index contributed by atoms with van der Waals surface area (Å²) in [6, 6.07) is 12.8. The van der Waals surface area contributed by atoms with Crippen LogP contribution in [-0.4, -0.2) is 13.0 Å². The Balaban J connectivity index is 1.77. The summed E-state index contributed by atoms with van der Waals surface area (Å²) in [5.41, 5.74) is 2.16. The van der Waals surface area contributed by atoms with Crippen molar-refractivity contribution in [3.8, 4) is 11.5 Å². The Labute approximate surface area is 145 Å². The van der Waals surface area contributed by atoms with Crippen molar-refractivity contribution in [1.82, 2.24) is 5.32 Å². The molecule has 1 amide bonds. The number of fused-ring (bicyclic) bond motifs is 1. The lowest BCUT2D eigenvalue weighted by molar-refractivity contribution is -0.117. The zero-order chi connectivity index (χ0) is 16.9. The first-order valence-electron chi connectivity index (χ1n) is 7.42. The third-order valence-corrected chi connectivity index (χ3v) is 3.85. The highest BCUT2D eigenvalue weighted by atomic mass is 35.5. The Hall–Kier alpha value is -2.72. The number of nitrogens with one attached hydrogen (secondary N) is 1. The Morgan fingerprint density at radius 2 is 2.08 bits per heavy atom. The standard InChI is InChI=1S/C19H16ClNO3/c1-23-17-5-3-2-4-14(17)12-21-19(22)13-8-9-24-18-7-6-16(20)11-15(18)10-13/h2-11H,12H2,1H3,(H,21,22). The first kappa shape index (κ1) is 16.1. The average molecular weight is 342 g/mol. The van der Waals surface area contributed by atoms with Gasteiger partial charge in [-0.3, -0.25) is 4.79 Å². The molecule has 0 bridgehead atoms. The van der Waals surface area contributed by atoms with Crippen molar-refractivity contribution in [1.29, 1.82) is 0 Å². The van der Waals surface area contributed by atoms with Crippen LogP contribution in [0.25, 0.3) is 6.08 Å². The van der Waals surface area contributed by atoms with Crippen molar-refractivity contribution in [3.63, 3.8) is 0 Å². The molecule has 0 spiro atoms. The smallest absolute Gasteiger partial charge is 0.251 e. The summed E-state index contributed by atoms with van der Waals surface area (Å²) in [7, 11) is 1.61. The van der Waals surface area contributed by atoms with Gasteiger partial charge in [-0.15, -0.1) is 0 Å². The first-order valence-corrected chi connectivity index (χ1v) is 7.80. The third-order valence-electron chi connectivity index (χ3n) is 3.62. The number of methoxy groups -OCH3 is 1. The minimum Gasteiger partial charge on any atom is -0.496 e. The molecule has 2 aromatic carbocycles. The van der Waals surface area contributed by atoms with E-state index in [1.54, 1.807) is 37.5 Å². The van der Waals surface area contributed by atoms with E-state index >= 15 is 0 Å². The number of amides is 1. The van der Waals surface area contributed by atoms with E-state index in [4.69, 9.17) is 21.1 Å². The predicted molar refractivity (Wildman–Crippen MR) is 94.0 cm³/mol. The molecular weight excluding hydrogens is 326 g/mol. The third kappa shape index (κ3) is 3.60. The van der Waals surface area contributed by atoms with Gasteiger partial charge in [-0.25, -0.2) is 0 Å². The van der Waals surface area contributed by atoms with Gasteiger partial charge in [-0.05, 0) is 36.4 Å². The van der Waals surface area contributed by atoms with E-state index in [1.165, 1.54) is 6.26 Å². The van der Waals surface area contributed by atoms with Crippen molar-refractivity contribution >= 4 is 23.6 Å². The van der Waals surface area contributed by atoms with E-state index in [2.05, 4.69) is 5.32 Å². The van der Waals surface area contributed by atoms with Gasteiger partial charge < -0.3 is 14.8 Å². The maximum absolute atomic E-state index is 12.5. The molecule has 4 nitrogen and oxygen atoms in total. The van der Waals surface area contributed by atoms with Crippen molar-refractivity contribution < 1.29 is 14.3 Å². The van der Waals surface area contributed by atoms with Crippen molar-refractivity contribution in [2.45, 2.75) is 6.54 Å². The van der Waals surface area contributed by atoms with E-state index < -0.39 is 0 Å². The number of carbonyl (C=O) groups is 1.